The Kier molecular flexibility index (Phi) is 5.11. The number of aliphatic imine (C=N–C) groups is 1. The third kappa shape index (κ3) is 4.71. The smallest absolute Gasteiger partial charge is 0.370 e. The molecule has 0 spiro atoms. The summed E-state index contributed by atoms with van der Waals surface area (Å²) in [6, 6.07) is 10.6. The fraction of sp³-hybridized carbons (Fsp3) is 0.294. The lowest BCUT2D eigenvalue weighted by Gasteiger charge is -2.24. The Hall–Kier alpha value is -2.57. The van der Waals surface area contributed by atoms with Crippen molar-refractivity contribution in [3.8, 4) is 0 Å². The van der Waals surface area contributed by atoms with Crippen molar-refractivity contribution in [2.24, 2.45) is 10.7 Å². The number of halogens is 3. The van der Waals surface area contributed by atoms with Gasteiger partial charge in [-0.1, -0.05) is 38.1 Å². The van der Waals surface area contributed by atoms with Gasteiger partial charge in [0.1, 0.15) is 5.82 Å². The SMILES string of the molecule is CC(C)(CN=C(N)Nc1ccccn1)c1cccc(C(F)(F)F)c1. The fourth-order valence-electron chi connectivity index (χ4n) is 2.10. The van der Waals surface area contributed by atoms with Crippen LogP contribution in [0.25, 0.3) is 0 Å². The summed E-state index contributed by atoms with van der Waals surface area (Å²) < 4.78 is 38.5. The van der Waals surface area contributed by atoms with Crippen molar-refractivity contribution in [3.63, 3.8) is 0 Å². The number of benzene rings is 1. The second-order valence-electron chi connectivity index (χ2n) is 6.00. The number of hydrogen-bond donors (Lipinski definition) is 2. The first-order valence-corrected chi connectivity index (χ1v) is 7.34. The van der Waals surface area contributed by atoms with Gasteiger partial charge in [-0.05, 0) is 23.8 Å². The summed E-state index contributed by atoms with van der Waals surface area (Å²) in [5.74, 6) is 0.712. The molecule has 0 bridgehead atoms. The Morgan fingerprint density at radius 1 is 1.12 bits per heavy atom. The lowest BCUT2D eigenvalue weighted by molar-refractivity contribution is -0.137. The number of nitrogens with two attached hydrogens (primary N) is 1. The molecule has 128 valence electrons. The summed E-state index contributed by atoms with van der Waals surface area (Å²) in [5, 5.41) is 2.84. The molecule has 1 heterocycles. The van der Waals surface area contributed by atoms with Crippen molar-refractivity contribution in [1.29, 1.82) is 0 Å². The van der Waals surface area contributed by atoms with Crippen LogP contribution in [0.1, 0.15) is 25.0 Å². The van der Waals surface area contributed by atoms with E-state index in [2.05, 4.69) is 15.3 Å². The van der Waals surface area contributed by atoms with Crippen LogP contribution in [0.2, 0.25) is 0 Å². The molecule has 3 N–H and O–H groups in total. The van der Waals surface area contributed by atoms with Gasteiger partial charge in [-0.25, -0.2) is 4.98 Å². The maximum Gasteiger partial charge on any atom is 0.416 e. The highest BCUT2D eigenvalue weighted by Crippen LogP contribution is 2.32. The van der Waals surface area contributed by atoms with Gasteiger partial charge in [-0.3, -0.25) is 4.99 Å². The molecule has 2 aromatic rings. The normalized spacial score (nSPS) is 13.0. The number of rotatable bonds is 4. The van der Waals surface area contributed by atoms with E-state index in [-0.39, 0.29) is 12.5 Å². The molecule has 7 heteroatoms. The van der Waals surface area contributed by atoms with Crippen LogP contribution in [0.4, 0.5) is 19.0 Å². The van der Waals surface area contributed by atoms with Crippen molar-refractivity contribution in [1.82, 2.24) is 4.98 Å². The van der Waals surface area contributed by atoms with Crippen LogP contribution in [0.15, 0.2) is 53.7 Å². The van der Waals surface area contributed by atoms with E-state index in [1.165, 1.54) is 6.07 Å². The summed E-state index contributed by atoms with van der Waals surface area (Å²) in [4.78, 5) is 8.28. The first-order chi connectivity index (χ1) is 11.2. The van der Waals surface area contributed by atoms with Crippen molar-refractivity contribution in [2.45, 2.75) is 25.4 Å². The lowest BCUT2D eigenvalue weighted by Crippen LogP contribution is -2.28. The van der Waals surface area contributed by atoms with Crippen LogP contribution >= 0.6 is 0 Å². The van der Waals surface area contributed by atoms with Crippen molar-refractivity contribution >= 4 is 11.8 Å². The third-order valence-electron chi connectivity index (χ3n) is 3.54. The van der Waals surface area contributed by atoms with Crippen LogP contribution in [-0.2, 0) is 11.6 Å². The Labute approximate surface area is 138 Å². The summed E-state index contributed by atoms with van der Waals surface area (Å²) in [5.41, 5.74) is 5.09. The Bertz CT molecular complexity index is 709. The maximum atomic E-state index is 12.8. The zero-order valence-corrected chi connectivity index (χ0v) is 13.4. The highest BCUT2D eigenvalue weighted by Gasteiger charge is 2.32. The molecular formula is C17H19F3N4. The minimum atomic E-state index is -4.37. The standard InChI is InChI=1S/C17H19F3N4/c1-16(2,12-6-5-7-13(10-12)17(18,19)20)11-23-15(21)24-14-8-3-4-9-22-14/h3-10H,11H2,1-2H3,(H3,21,22,23,24). The maximum absolute atomic E-state index is 12.8. The highest BCUT2D eigenvalue weighted by atomic mass is 19.4. The predicted octanol–water partition coefficient (Wildman–Crippen LogP) is 3.80. The minimum Gasteiger partial charge on any atom is -0.370 e. The number of aromatic nitrogens is 1. The minimum absolute atomic E-state index is 0.161. The Morgan fingerprint density at radius 2 is 1.83 bits per heavy atom. The molecule has 0 aliphatic rings. The van der Waals surface area contributed by atoms with Gasteiger partial charge in [0, 0.05) is 11.6 Å². The molecule has 0 aliphatic carbocycles. The van der Waals surface area contributed by atoms with E-state index >= 15 is 0 Å². The van der Waals surface area contributed by atoms with Gasteiger partial charge in [0.15, 0.2) is 5.96 Å². The molecule has 0 amide bonds. The monoisotopic (exact) mass is 336 g/mol. The highest BCUT2D eigenvalue weighted by molar-refractivity contribution is 5.91. The number of nitrogens with one attached hydrogen (secondary N) is 1. The number of anilines is 1. The summed E-state index contributed by atoms with van der Waals surface area (Å²) in [6.07, 6.45) is -2.75. The van der Waals surface area contributed by atoms with E-state index in [0.29, 0.717) is 11.4 Å². The number of hydrogen-bond acceptors (Lipinski definition) is 2. The zero-order chi connectivity index (χ0) is 17.8. The first kappa shape index (κ1) is 17.8. The van der Waals surface area contributed by atoms with E-state index in [1.807, 2.05) is 13.8 Å². The van der Waals surface area contributed by atoms with Gasteiger partial charge in [0.25, 0.3) is 0 Å². The molecular weight excluding hydrogens is 317 g/mol. The van der Waals surface area contributed by atoms with Crippen molar-refractivity contribution in [3.05, 3.63) is 59.8 Å². The van der Waals surface area contributed by atoms with Gasteiger partial charge in [-0.15, -0.1) is 0 Å². The predicted molar refractivity (Wildman–Crippen MR) is 88.8 cm³/mol. The van der Waals surface area contributed by atoms with E-state index in [4.69, 9.17) is 5.73 Å². The first-order valence-electron chi connectivity index (χ1n) is 7.34. The second-order valence-corrected chi connectivity index (χ2v) is 6.00. The number of guanidine groups is 1. The Balaban J connectivity index is 2.12. The van der Waals surface area contributed by atoms with Crippen LogP contribution in [0.5, 0.6) is 0 Å². The van der Waals surface area contributed by atoms with E-state index < -0.39 is 17.2 Å². The summed E-state index contributed by atoms with van der Waals surface area (Å²) in [6.45, 7) is 3.88. The van der Waals surface area contributed by atoms with Crippen LogP contribution in [0.3, 0.4) is 0 Å². The van der Waals surface area contributed by atoms with E-state index in [1.54, 1.807) is 30.5 Å². The van der Waals surface area contributed by atoms with Gasteiger partial charge in [-0.2, -0.15) is 13.2 Å². The van der Waals surface area contributed by atoms with Gasteiger partial charge >= 0.3 is 6.18 Å². The molecule has 0 saturated carbocycles. The number of nitrogens with zero attached hydrogens (tertiary/aromatic N) is 2. The van der Waals surface area contributed by atoms with Gasteiger partial charge in [0.2, 0.25) is 0 Å². The quantitative estimate of drug-likeness (QED) is 0.659. The number of alkyl halides is 3. The lowest BCUT2D eigenvalue weighted by atomic mass is 9.84. The summed E-state index contributed by atoms with van der Waals surface area (Å²) in [7, 11) is 0. The zero-order valence-electron chi connectivity index (χ0n) is 13.4. The topological polar surface area (TPSA) is 63.3 Å². The molecule has 0 aliphatic heterocycles. The van der Waals surface area contributed by atoms with E-state index in [0.717, 1.165) is 12.1 Å². The number of pyridine rings is 1. The van der Waals surface area contributed by atoms with E-state index in [9.17, 15) is 13.2 Å². The molecule has 0 atom stereocenters. The van der Waals surface area contributed by atoms with Crippen molar-refractivity contribution < 1.29 is 13.2 Å². The molecule has 0 radical (unpaired) electrons. The largest absolute Gasteiger partial charge is 0.416 e. The Morgan fingerprint density at radius 3 is 2.46 bits per heavy atom. The van der Waals surface area contributed by atoms with Crippen LogP contribution < -0.4 is 11.1 Å². The second kappa shape index (κ2) is 6.90. The molecule has 2 rings (SSSR count). The molecule has 1 aromatic heterocycles. The molecule has 0 fully saturated rings. The average molecular weight is 336 g/mol. The molecule has 0 saturated heterocycles. The van der Waals surface area contributed by atoms with Gasteiger partial charge < -0.3 is 11.1 Å². The fourth-order valence-corrected chi connectivity index (χ4v) is 2.10. The third-order valence-corrected chi connectivity index (χ3v) is 3.54. The summed E-state index contributed by atoms with van der Waals surface area (Å²) >= 11 is 0. The molecule has 24 heavy (non-hydrogen) atoms. The van der Waals surface area contributed by atoms with Crippen molar-refractivity contribution in [2.75, 3.05) is 11.9 Å². The average Bonchev–Trinajstić information content (AvgIpc) is 2.53. The molecule has 4 nitrogen and oxygen atoms in total. The van der Waals surface area contributed by atoms with Crippen LogP contribution in [-0.4, -0.2) is 17.5 Å². The molecule has 1 aromatic carbocycles. The molecule has 0 unspecified atom stereocenters. The van der Waals surface area contributed by atoms with Gasteiger partial charge in [0.05, 0.1) is 12.1 Å². The van der Waals surface area contributed by atoms with Crippen LogP contribution in [0, 0.1) is 0 Å².